The number of fused-ring (bicyclic) bond motifs is 3. The predicted octanol–water partition coefficient (Wildman–Crippen LogP) is 3.87. The highest BCUT2D eigenvalue weighted by Crippen LogP contribution is 2.80. The van der Waals surface area contributed by atoms with Gasteiger partial charge in [-0.05, 0) is 26.3 Å². The lowest BCUT2D eigenvalue weighted by Crippen LogP contribution is -2.38. The van der Waals surface area contributed by atoms with E-state index < -0.39 is 22.7 Å². The van der Waals surface area contributed by atoms with Crippen LogP contribution in [0.5, 0.6) is 5.75 Å². The molecule has 0 aromatic heterocycles. The fourth-order valence-corrected chi connectivity index (χ4v) is 4.90. The van der Waals surface area contributed by atoms with Gasteiger partial charge in [0.05, 0.1) is 5.41 Å². The first-order valence-electron chi connectivity index (χ1n) is 8.85. The number of carbonyl (C=O) groups is 3. The number of esters is 1. The van der Waals surface area contributed by atoms with E-state index >= 15 is 0 Å². The van der Waals surface area contributed by atoms with Gasteiger partial charge >= 0.3 is 5.97 Å². The smallest absolute Gasteiger partial charge is 0.326 e. The Kier molecular flexibility index (Phi) is 3.45. The number of benzene rings is 2. The molecule has 1 heterocycles. The molecule has 1 aliphatic carbocycles. The lowest BCUT2D eigenvalue weighted by Gasteiger charge is -2.22. The second kappa shape index (κ2) is 5.37. The molecule has 26 heavy (non-hydrogen) atoms. The van der Waals surface area contributed by atoms with Crippen molar-refractivity contribution in [2.75, 3.05) is 0 Å². The van der Waals surface area contributed by atoms with Gasteiger partial charge in [-0.25, -0.2) is 0 Å². The van der Waals surface area contributed by atoms with E-state index in [0.29, 0.717) is 17.7 Å². The van der Waals surface area contributed by atoms with Gasteiger partial charge < -0.3 is 4.74 Å². The van der Waals surface area contributed by atoms with Crippen LogP contribution in [0.4, 0.5) is 0 Å². The summed E-state index contributed by atoms with van der Waals surface area (Å²) in [5.41, 5.74) is -0.163. The van der Waals surface area contributed by atoms with Crippen molar-refractivity contribution in [3.05, 3.63) is 65.2 Å². The summed E-state index contributed by atoms with van der Waals surface area (Å²) in [5.74, 6) is -1.08. The van der Waals surface area contributed by atoms with Crippen LogP contribution >= 0.6 is 0 Å². The number of ether oxygens (including phenoxy) is 1. The second-order valence-corrected chi connectivity index (χ2v) is 7.24. The topological polar surface area (TPSA) is 60.4 Å². The van der Waals surface area contributed by atoms with Crippen molar-refractivity contribution in [1.82, 2.24) is 0 Å². The largest absolute Gasteiger partial charge is 0.425 e. The Hall–Kier alpha value is -2.75. The molecule has 132 valence electrons. The van der Waals surface area contributed by atoms with Crippen LogP contribution in [0.2, 0.25) is 0 Å². The molecule has 0 amide bonds. The monoisotopic (exact) mass is 348 g/mol. The first kappa shape index (κ1) is 16.7. The highest BCUT2D eigenvalue weighted by atomic mass is 16.5. The molecule has 0 spiro atoms. The number of carbonyl (C=O) groups excluding carboxylic acids is 3. The lowest BCUT2D eigenvalue weighted by atomic mass is 9.81. The van der Waals surface area contributed by atoms with Crippen molar-refractivity contribution in [3.63, 3.8) is 0 Å². The molecule has 4 heteroatoms. The molecule has 0 saturated heterocycles. The Morgan fingerprint density at radius 1 is 1.08 bits per heavy atom. The number of aryl methyl sites for hydroxylation is 1. The molecule has 2 aromatic rings. The van der Waals surface area contributed by atoms with Crippen LogP contribution in [0.25, 0.3) is 0 Å². The molecule has 0 N–H and O–H groups in total. The maximum absolute atomic E-state index is 13.5. The van der Waals surface area contributed by atoms with Gasteiger partial charge in [-0.15, -0.1) is 0 Å². The Bertz CT molecular complexity index is 943. The van der Waals surface area contributed by atoms with Crippen LogP contribution in [0.15, 0.2) is 48.5 Å². The number of hydrogen-bond donors (Lipinski definition) is 0. The van der Waals surface area contributed by atoms with Gasteiger partial charge in [0.15, 0.2) is 5.78 Å². The molecular formula is C22H20O4. The molecule has 0 bridgehead atoms. The Balaban J connectivity index is 1.93. The fourth-order valence-electron chi connectivity index (χ4n) is 4.90. The van der Waals surface area contributed by atoms with Gasteiger partial charge in [-0.1, -0.05) is 55.0 Å². The van der Waals surface area contributed by atoms with Crippen molar-refractivity contribution >= 4 is 17.5 Å². The van der Waals surface area contributed by atoms with Crippen LogP contribution < -0.4 is 4.74 Å². The lowest BCUT2D eigenvalue weighted by molar-refractivity contribution is -0.148. The highest BCUT2D eigenvalue weighted by molar-refractivity contribution is 6.21. The van der Waals surface area contributed by atoms with E-state index in [4.69, 9.17) is 4.74 Å². The van der Waals surface area contributed by atoms with Crippen LogP contribution in [0.3, 0.4) is 0 Å². The second-order valence-electron chi connectivity index (χ2n) is 7.24. The molecular weight excluding hydrogens is 328 g/mol. The average Bonchev–Trinajstić information content (AvgIpc) is 3.29. The molecule has 4 rings (SSSR count). The first-order valence-corrected chi connectivity index (χ1v) is 8.85. The Labute approximate surface area is 152 Å². The SMILES string of the molecule is CC[C@@]1(C(=O)c2ccc(C)cc2)[C@@H]2c3ccccc3OC(=O)[C@@]21C(C)=O. The summed E-state index contributed by atoms with van der Waals surface area (Å²) < 4.78 is 5.50. The van der Waals surface area contributed by atoms with Gasteiger partial charge in [0.1, 0.15) is 16.9 Å². The Morgan fingerprint density at radius 3 is 2.35 bits per heavy atom. The number of hydrogen-bond acceptors (Lipinski definition) is 4. The normalized spacial score (nSPS) is 28.6. The van der Waals surface area contributed by atoms with E-state index in [1.165, 1.54) is 6.92 Å². The summed E-state index contributed by atoms with van der Waals surface area (Å²) in [7, 11) is 0. The van der Waals surface area contributed by atoms with Crippen molar-refractivity contribution in [2.45, 2.75) is 33.1 Å². The van der Waals surface area contributed by atoms with E-state index in [9.17, 15) is 14.4 Å². The van der Waals surface area contributed by atoms with E-state index in [0.717, 1.165) is 11.1 Å². The Morgan fingerprint density at radius 2 is 1.73 bits per heavy atom. The molecule has 0 radical (unpaired) electrons. The summed E-state index contributed by atoms with van der Waals surface area (Å²) in [6.07, 6.45) is 0.396. The number of rotatable bonds is 4. The summed E-state index contributed by atoms with van der Waals surface area (Å²) in [6.45, 7) is 5.21. The molecule has 1 fully saturated rings. The molecule has 0 unspecified atom stereocenters. The molecule has 3 atom stereocenters. The van der Waals surface area contributed by atoms with Gasteiger partial charge in [-0.2, -0.15) is 0 Å². The summed E-state index contributed by atoms with van der Waals surface area (Å²) in [6, 6.07) is 14.5. The third-order valence-corrected chi connectivity index (χ3v) is 6.13. The van der Waals surface area contributed by atoms with E-state index in [1.54, 1.807) is 24.3 Å². The number of Topliss-reactive ketones (excluding diaryl/α,β-unsaturated/α-hetero) is 2. The van der Waals surface area contributed by atoms with Crippen molar-refractivity contribution in [3.8, 4) is 5.75 Å². The zero-order valence-electron chi connectivity index (χ0n) is 15.0. The molecule has 2 aliphatic rings. The van der Waals surface area contributed by atoms with Crippen LogP contribution in [-0.4, -0.2) is 17.5 Å². The van der Waals surface area contributed by atoms with Gasteiger partial charge in [0, 0.05) is 17.0 Å². The summed E-state index contributed by atoms with van der Waals surface area (Å²) >= 11 is 0. The zero-order chi connectivity index (χ0) is 18.7. The minimum atomic E-state index is -1.42. The highest BCUT2D eigenvalue weighted by Gasteiger charge is 2.87. The summed E-state index contributed by atoms with van der Waals surface area (Å²) in [4.78, 5) is 39.2. The minimum absolute atomic E-state index is 0.158. The summed E-state index contributed by atoms with van der Waals surface area (Å²) in [5, 5.41) is 0. The number of ketones is 2. The van der Waals surface area contributed by atoms with E-state index in [2.05, 4.69) is 0 Å². The van der Waals surface area contributed by atoms with Crippen molar-refractivity contribution < 1.29 is 19.1 Å². The van der Waals surface area contributed by atoms with Gasteiger partial charge in [-0.3, -0.25) is 14.4 Å². The van der Waals surface area contributed by atoms with Crippen LogP contribution in [0, 0.1) is 17.8 Å². The van der Waals surface area contributed by atoms with Crippen LogP contribution in [-0.2, 0) is 9.59 Å². The van der Waals surface area contributed by atoms with E-state index in [-0.39, 0.29) is 11.6 Å². The van der Waals surface area contributed by atoms with Gasteiger partial charge in [0.25, 0.3) is 0 Å². The third-order valence-electron chi connectivity index (χ3n) is 6.13. The number of para-hydroxylation sites is 1. The van der Waals surface area contributed by atoms with Crippen molar-refractivity contribution in [1.29, 1.82) is 0 Å². The molecule has 1 saturated carbocycles. The van der Waals surface area contributed by atoms with Crippen molar-refractivity contribution in [2.24, 2.45) is 10.8 Å². The van der Waals surface area contributed by atoms with E-state index in [1.807, 2.05) is 38.1 Å². The minimum Gasteiger partial charge on any atom is -0.425 e. The third kappa shape index (κ3) is 1.77. The maximum Gasteiger partial charge on any atom is 0.326 e. The fraction of sp³-hybridized carbons (Fsp3) is 0.318. The van der Waals surface area contributed by atoms with Gasteiger partial charge in [0.2, 0.25) is 0 Å². The standard InChI is InChI=1S/C22H20O4/c1-4-21(19(24)15-11-9-13(2)10-12-15)18-16-7-5-6-8-17(16)26-20(25)22(18,21)14(3)23/h5-12,18H,4H2,1-3H3/t18-,21-,22+/m0/s1. The zero-order valence-corrected chi connectivity index (χ0v) is 15.0. The average molecular weight is 348 g/mol. The van der Waals surface area contributed by atoms with Crippen LogP contribution in [0.1, 0.15) is 47.7 Å². The molecule has 1 aliphatic heterocycles. The quantitative estimate of drug-likeness (QED) is 0.364. The molecule has 2 aromatic carbocycles. The predicted molar refractivity (Wildman–Crippen MR) is 96.2 cm³/mol. The maximum atomic E-state index is 13.5. The first-order chi connectivity index (χ1) is 12.4. The molecule has 4 nitrogen and oxygen atoms in total.